The molecule has 3 nitrogen and oxygen atoms in total. The van der Waals surface area contributed by atoms with Crippen LogP contribution in [0.2, 0.25) is 0 Å². The smallest absolute Gasteiger partial charge is 0.236 e. The second-order valence-corrected chi connectivity index (χ2v) is 4.94. The minimum Gasteiger partial charge on any atom is -0.392 e. The Balaban J connectivity index is 2.84. The first kappa shape index (κ1) is 13.6. The largest absolute Gasteiger partial charge is 0.392 e. The van der Waals surface area contributed by atoms with Crippen molar-refractivity contribution in [2.45, 2.75) is 27.2 Å². The third-order valence-corrected chi connectivity index (χ3v) is 3.29. The van der Waals surface area contributed by atoms with Gasteiger partial charge < -0.3 is 11.1 Å². The lowest BCUT2D eigenvalue weighted by Gasteiger charge is -2.22. The average molecular weight is 250 g/mol. The zero-order valence-electron chi connectivity index (χ0n) is 10.4. The van der Waals surface area contributed by atoms with E-state index in [-0.39, 0.29) is 10.9 Å². The molecule has 0 radical (unpaired) electrons. The number of aryl methyl sites for hydroxylation is 1. The molecular formula is C13H18N2OS. The summed E-state index contributed by atoms with van der Waals surface area (Å²) in [5.74, 6) is -0.182. The predicted octanol–water partition coefficient (Wildman–Crippen LogP) is 2.50. The van der Waals surface area contributed by atoms with E-state index in [1.54, 1.807) is 13.8 Å². The van der Waals surface area contributed by atoms with E-state index in [1.165, 1.54) is 5.56 Å². The number of nitrogens with one attached hydrogen (secondary N) is 1. The van der Waals surface area contributed by atoms with Gasteiger partial charge in [0.2, 0.25) is 5.91 Å². The molecule has 0 aromatic heterocycles. The molecule has 0 atom stereocenters. The van der Waals surface area contributed by atoms with Crippen LogP contribution in [0.1, 0.15) is 26.3 Å². The minimum absolute atomic E-state index is 0.182. The number of benzene rings is 1. The normalized spacial score (nSPS) is 11.0. The van der Waals surface area contributed by atoms with Crippen molar-refractivity contribution in [3.63, 3.8) is 0 Å². The molecule has 1 aromatic rings. The summed E-state index contributed by atoms with van der Waals surface area (Å²) in [6.07, 6.45) is 0.933. The van der Waals surface area contributed by atoms with E-state index in [9.17, 15) is 4.79 Å². The van der Waals surface area contributed by atoms with E-state index in [0.29, 0.717) is 0 Å². The summed E-state index contributed by atoms with van der Waals surface area (Å²) in [7, 11) is 0. The van der Waals surface area contributed by atoms with Crippen LogP contribution in [0.15, 0.2) is 24.3 Å². The van der Waals surface area contributed by atoms with E-state index < -0.39 is 5.41 Å². The van der Waals surface area contributed by atoms with Gasteiger partial charge in [0.1, 0.15) is 0 Å². The number of carbonyl (C=O) groups is 1. The molecule has 0 aliphatic rings. The highest BCUT2D eigenvalue weighted by molar-refractivity contribution is 7.80. The standard InChI is InChI=1S/C13H18N2OS/c1-4-9-6-5-7-10(8-9)15-12(16)13(2,3)11(14)17/h5-8H,4H2,1-3H3,(H2,14,17)(H,15,16). The number of amides is 1. The summed E-state index contributed by atoms with van der Waals surface area (Å²) in [6.45, 7) is 5.50. The van der Waals surface area contributed by atoms with Crippen LogP contribution >= 0.6 is 12.2 Å². The first-order chi connectivity index (χ1) is 7.87. The summed E-state index contributed by atoms with van der Waals surface area (Å²) < 4.78 is 0. The molecule has 0 spiro atoms. The van der Waals surface area contributed by atoms with Gasteiger partial charge in [-0.3, -0.25) is 4.79 Å². The second kappa shape index (κ2) is 5.27. The van der Waals surface area contributed by atoms with Crippen LogP contribution in [0.3, 0.4) is 0 Å². The van der Waals surface area contributed by atoms with E-state index in [1.807, 2.05) is 24.3 Å². The number of thiocarbonyl (C=S) groups is 1. The van der Waals surface area contributed by atoms with Crippen molar-refractivity contribution >= 4 is 28.8 Å². The van der Waals surface area contributed by atoms with E-state index in [0.717, 1.165) is 12.1 Å². The van der Waals surface area contributed by atoms with Gasteiger partial charge in [-0.15, -0.1) is 0 Å². The SMILES string of the molecule is CCc1cccc(NC(=O)C(C)(C)C(N)=S)c1. The Labute approximate surface area is 107 Å². The van der Waals surface area contributed by atoms with Crippen LogP contribution in [-0.4, -0.2) is 10.9 Å². The van der Waals surface area contributed by atoms with Crippen molar-refractivity contribution in [3.05, 3.63) is 29.8 Å². The van der Waals surface area contributed by atoms with Crippen LogP contribution in [0.5, 0.6) is 0 Å². The van der Waals surface area contributed by atoms with Crippen LogP contribution < -0.4 is 11.1 Å². The Morgan fingerprint density at radius 2 is 2.12 bits per heavy atom. The molecule has 4 heteroatoms. The maximum absolute atomic E-state index is 12.0. The van der Waals surface area contributed by atoms with Crippen molar-refractivity contribution in [2.75, 3.05) is 5.32 Å². The molecule has 0 fully saturated rings. The fourth-order valence-corrected chi connectivity index (χ4v) is 1.36. The summed E-state index contributed by atoms with van der Waals surface area (Å²) in [4.78, 5) is 12.2. The van der Waals surface area contributed by atoms with Gasteiger partial charge in [-0.2, -0.15) is 0 Å². The Kier molecular flexibility index (Phi) is 4.23. The lowest BCUT2D eigenvalue weighted by Crippen LogP contribution is -2.41. The van der Waals surface area contributed by atoms with Gasteiger partial charge in [-0.25, -0.2) is 0 Å². The molecule has 3 N–H and O–H groups in total. The van der Waals surface area contributed by atoms with Gasteiger partial charge in [0.15, 0.2) is 0 Å². The highest BCUT2D eigenvalue weighted by Crippen LogP contribution is 2.19. The summed E-state index contributed by atoms with van der Waals surface area (Å²) in [5, 5.41) is 2.83. The lowest BCUT2D eigenvalue weighted by molar-refractivity contribution is -0.121. The van der Waals surface area contributed by atoms with Crippen molar-refractivity contribution in [1.29, 1.82) is 0 Å². The van der Waals surface area contributed by atoms with E-state index in [4.69, 9.17) is 18.0 Å². The fourth-order valence-electron chi connectivity index (χ4n) is 1.27. The van der Waals surface area contributed by atoms with Gasteiger partial charge in [0, 0.05) is 5.69 Å². The Bertz CT molecular complexity index is 441. The second-order valence-electron chi connectivity index (χ2n) is 4.50. The van der Waals surface area contributed by atoms with Crippen molar-refractivity contribution < 1.29 is 4.79 Å². The van der Waals surface area contributed by atoms with Gasteiger partial charge in [-0.05, 0) is 38.0 Å². The molecule has 0 saturated heterocycles. The Hall–Kier alpha value is -1.42. The molecular weight excluding hydrogens is 232 g/mol. The summed E-state index contributed by atoms with van der Waals surface area (Å²) in [5.41, 5.74) is 6.67. The number of nitrogens with two attached hydrogens (primary N) is 1. The van der Waals surface area contributed by atoms with Gasteiger partial charge in [0.05, 0.1) is 10.4 Å². The van der Waals surface area contributed by atoms with Crippen LogP contribution in [0.4, 0.5) is 5.69 Å². The summed E-state index contributed by atoms with van der Waals surface area (Å²) in [6, 6.07) is 7.75. The summed E-state index contributed by atoms with van der Waals surface area (Å²) >= 11 is 4.89. The number of rotatable bonds is 4. The van der Waals surface area contributed by atoms with Crippen LogP contribution in [0, 0.1) is 5.41 Å². The Morgan fingerprint density at radius 1 is 1.47 bits per heavy atom. The third kappa shape index (κ3) is 3.27. The molecule has 0 aliphatic heterocycles. The van der Waals surface area contributed by atoms with Crippen molar-refractivity contribution in [2.24, 2.45) is 11.1 Å². The maximum atomic E-state index is 12.0. The first-order valence-electron chi connectivity index (χ1n) is 5.58. The lowest BCUT2D eigenvalue weighted by atomic mass is 9.92. The number of anilines is 1. The average Bonchev–Trinajstić information content (AvgIpc) is 2.29. The molecule has 1 rings (SSSR count). The highest BCUT2D eigenvalue weighted by atomic mass is 32.1. The van der Waals surface area contributed by atoms with Gasteiger partial charge in [0.25, 0.3) is 0 Å². The van der Waals surface area contributed by atoms with E-state index in [2.05, 4.69) is 12.2 Å². The molecule has 0 saturated carbocycles. The zero-order chi connectivity index (χ0) is 13.1. The van der Waals surface area contributed by atoms with Crippen LogP contribution in [-0.2, 0) is 11.2 Å². The molecule has 1 aromatic carbocycles. The molecule has 92 valence electrons. The molecule has 0 bridgehead atoms. The first-order valence-corrected chi connectivity index (χ1v) is 5.99. The zero-order valence-corrected chi connectivity index (χ0v) is 11.2. The molecule has 0 unspecified atom stereocenters. The molecule has 0 aliphatic carbocycles. The topological polar surface area (TPSA) is 55.1 Å². The van der Waals surface area contributed by atoms with Crippen LogP contribution in [0.25, 0.3) is 0 Å². The highest BCUT2D eigenvalue weighted by Gasteiger charge is 2.30. The maximum Gasteiger partial charge on any atom is 0.236 e. The van der Waals surface area contributed by atoms with Crippen molar-refractivity contribution in [1.82, 2.24) is 0 Å². The Morgan fingerprint density at radius 3 is 2.65 bits per heavy atom. The van der Waals surface area contributed by atoms with Gasteiger partial charge >= 0.3 is 0 Å². The minimum atomic E-state index is -0.836. The fraction of sp³-hybridized carbons (Fsp3) is 0.385. The molecule has 0 heterocycles. The molecule has 1 amide bonds. The van der Waals surface area contributed by atoms with Crippen molar-refractivity contribution in [3.8, 4) is 0 Å². The van der Waals surface area contributed by atoms with E-state index >= 15 is 0 Å². The number of hydrogen-bond donors (Lipinski definition) is 2. The number of hydrogen-bond acceptors (Lipinski definition) is 2. The monoisotopic (exact) mass is 250 g/mol. The van der Waals surface area contributed by atoms with Gasteiger partial charge in [-0.1, -0.05) is 31.3 Å². The quantitative estimate of drug-likeness (QED) is 0.807. The number of carbonyl (C=O) groups excluding carboxylic acids is 1. The predicted molar refractivity (Wildman–Crippen MR) is 75.0 cm³/mol. The molecule has 17 heavy (non-hydrogen) atoms. The third-order valence-electron chi connectivity index (χ3n) is 2.78.